The minimum atomic E-state index is -0.646. The fourth-order valence-corrected chi connectivity index (χ4v) is 3.25. The molecule has 1 aliphatic rings. The van der Waals surface area contributed by atoms with E-state index in [9.17, 15) is 14.0 Å². The summed E-state index contributed by atoms with van der Waals surface area (Å²) < 4.78 is 20.1. The van der Waals surface area contributed by atoms with Gasteiger partial charge in [0, 0.05) is 30.8 Å². The zero-order valence-corrected chi connectivity index (χ0v) is 18.3. The van der Waals surface area contributed by atoms with E-state index >= 15 is 0 Å². The van der Waals surface area contributed by atoms with Crippen LogP contribution in [0.4, 0.5) is 4.39 Å². The number of aromatic amines is 1. The van der Waals surface area contributed by atoms with Crippen molar-refractivity contribution in [2.45, 2.75) is 53.0 Å². The van der Waals surface area contributed by atoms with Crippen LogP contribution >= 0.6 is 11.6 Å². The van der Waals surface area contributed by atoms with Crippen molar-refractivity contribution in [2.75, 3.05) is 6.54 Å². The first-order valence-corrected chi connectivity index (χ1v) is 10.6. The molecule has 1 saturated carbocycles. The number of rotatable bonds is 8. The molecule has 0 spiro atoms. The van der Waals surface area contributed by atoms with Crippen molar-refractivity contribution in [2.24, 2.45) is 11.3 Å². The topological polar surface area (TPSA) is 75.3 Å². The van der Waals surface area contributed by atoms with Crippen LogP contribution in [-0.2, 0) is 11.3 Å². The van der Waals surface area contributed by atoms with Crippen molar-refractivity contribution < 1.29 is 18.7 Å². The quantitative estimate of drug-likeness (QED) is 0.468. The van der Waals surface area contributed by atoms with Crippen LogP contribution in [0.15, 0.2) is 24.3 Å². The summed E-state index contributed by atoms with van der Waals surface area (Å²) in [7, 11) is 0. The Morgan fingerprint density at radius 3 is 2.60 bits per heavy atom. The van der Waals surface area contributed by atoms with Gasteiger partial charge < -0.3 is 9.64 Å². The number of hydrogen-bond donors (Lipinski definition) is 1. The normalized spacial score (nSPS) is 14.3. The first-order valence-electron chi connectivity index (χ1n) is 10.2. The molecule has 1 aromatic carbocycles. The molecule has 0 atom stereocenters. The molecule has 162 valence electrons. The predicted octanol–water partition coefficient (Wildman–Crippen LogP) is 4.99. The summed E-state index contributed by atoms with van der Waals surface area (Å²) in [5, 5.41) is 6.62. The van der Waals surface area contributed by atoms with Gasteiger partial charge in [0.1, 0.15) is 17.3 Å². The molecule has 6 nitrogen and oxygen atoms in total. The highest BCUT2D eigenvalue weighted by Gasteiger charge is 2.29. The lowest BCUT2D eigenvalue weighted by molar-refractivity contribution is -0.144. The third kappa shape index (κ3) is 5.19. The van der Waals surface area contributed by atoms with Gasteiger partial charge in [-0.1, -0.05) is 31.0 Å². The Kier molecular flexibility index (Phi) is 6.81. The van der Waals surface area contributed by atoms with Gasteiger partial charge in [0.2, 0.25) is 0 Å². The molecule has 0 radical (unpaired) electrons. The molecule has 2 aromatic rings. The summed E-state index contributed by atoms with van der Waals surface area (Å²) in [5.41, 5.74) is -0.0260. The number of carbonyl (C=O) groups excluding carboxylic acids is 2. The second-order valence-electron chi connectivity index (χ2n) is 8.47. The van der Waals surface area contributed by atoms with Crippen molar-refractivity contribution in [3.8, 4) is 5.75 Å². The number of nitrogens with zero attached hydrogens (tertiary/aromatic N) is 2. The Bertz CT molecular complexity index is 924. The van der Waals surface area contributed by atoms with Crippen LogP contribution in [0.2, 0.25) is 5.15 Å². The number of halogens is 2. The number of ether oxygens (including phenoxy) is 1. The third-order valence-electron chi connectivity index (χ3n) is 5.80. The maximum absolute atomic E-state index is 14.8. The van der Waals surface area contributed by atoms with Crippen LogP contribution in [0.1, 0.15) is 62.5 Å². The molecule has 0 saturated heterocycles. The Morgan fingerprint density at radius 2 is 2.07 bits per heavy atom. The Balaban J connectivity index is 1.75. The van der Waals surface area contributed by atoms with Crippen molar-refractivity contribution in [1.29, 1.82) is 0 Å². The van der Waals surface area contributed by atoms with E-state index in [0.29, 0.717) is 24.4 Å². The van der Waals surface area contributed by atoms with Crippen LogP contribution in [0.25, 0.3) is 0 Å². The Labute approximate surface area is 180 Å². The number of hydrogen-bond acceptors (Lipinski definition) is 4. The van der Waals surface area contributed by atoms with E-state index in [0.717, 1.165) is 19.3 Å². The molecule has 1 N–H and O–H groups in total. The number of amides is 1. The van der Waals surface area contributed by atoms with Gasteiger partial charge in [0.15, 0.2) is 5.15 Å². The molecule has 8 heteroatoms. The summed E-state index contributed by atoms with van der Waals surface area (Å²) >= 11 is 5.83. The lowest BCUT2D eigenvalue weighted by Crippen LogP contribution is -2.37. The summed E-state index contributed by atoms with van der Waals surface area (Å²) in [6.45, 7) is 6.10. The molecule has 30 heavy (non-hydrogen) atoms. The van der Waals surface area contributed by atoms with E-state index in [1.54, 1.807) is 30.9 Å². The van der Waals surface area contributed by atoms with Crippen LogP contribution in [0.5, 0.6) is 5.75 Å². The lowest BCUT2D eigenvalue weighted by Gasteiger charge is -2.32. The van der Waals surface area contributed by atoms with Crippen molar-refractivity contribution in [3.05, 3.63) is 46.5 Å². The third-order valence-corrected chi connectivity index (χ3v) is 5.99. The smallest absolute Gasteiger partial charge is 0.316 e. The Morgan fingerprint density at radius 1 is 1.33 bits per heavy atom. The fraction of sp³-hybridized carbons (Fsp3) is 0.500. The van der Waals surface area contributed by atoms with E-state index in [4.69, 9.17) is 16.3 Å². The van der Waals surface area contributed by atoms with Crippen LogP contribution in [0, 0.1) is 17.2 Å². The molecule has 0 unspecified atom stereocenters. The van der Waals surface area contributed by atoms with Crippen LogP contribution in [0.3, 0.4) is 0 Å². The van der Waals surface area contributed by atoms with Crippen molar-refractivity contribution >= 4 is 23.5 Å². The largest absolute Gasteiger partial charge is 0.426 e. The maximum Gasteiger partial charge on any atom is 0.316 e. The molecule has 0 bridgehead atoms. The zero-order valence-electron chi connectivity index (χ0n) is 17.5. The van der Waals surface area contributed by atoms with Crippen LogP contribution < -0.4 is 4.74 Å². The predicted molar refractivity (Wildman–Crippen MR) is 112 cm³/mol. The van der Waals surface area contributed by atoms with Gasteiger partial charge in [0.05, 0.1) is 5.41 Å². The van der Waals surface area contributed by atoms with Gasteiger partial charge in [-0.3, -0.25) is 14.7 Å². The number of carbonyl (C=O) groups is 2. The summed E-state index contributed by atoms with van der Waals surface area (Å²) in [6, 6.07) is 5.77. The molecule has 1 aromatic heterocycles. The second kappa shape index (κ2) is 9.16. The van der Waals surface area contributed by atoms with E-state index in [-0.39, 0.29) is 29.0 Å². The number of H-pyrrole nitrogens is 1. The number of aromatic nitrogens is 2. The number of esters is 1. The van der Waals surface area contributed by atoms with Crippen molar-refractivity contribution in [3.63, 3.8) is 0 Å². The van der Waals surface area contributed by atoms with Gasteiger partial charge in [-0.15, -0.1) is 0 Å². The monoisotopic (exact) mass is 435 g/mol. The second-order valence-corrected chi connectivity index (χ2v) is 8.85. The zero-order chi connectivity index (χ0) is 21.9. The average Bonchev–Trinajstić information content (AvgIpc) is 3.11. The van der Waals surface area contributed by atoms with Gasteiger partial charge >= 0.3 is 5.97 Å². The molecule has 1 aliphatic carbocycles. The summed E-state index contributed by atoms with van der Waals surface area (Å²) in [6.07, 6.45) is 3.86. The molecule has 1 amide bonds. The minimum absolute atomic E-state index is 0.104. The van der Waals surface area contributed by atoms with Crippen molar-refractivity contribution in [1.82, 2.24) is 15.1 Å². The highest BCUT2D eigenvalue weighted by molar-refractivity contribution is 6.29. The van der Waals surface area contributed by atoms with Gasteiger partial charge in [-0.05, 0) is 45.1 Å². The first kappa shape index (κ1) is 22.3. The Hall–Kier alpha value is -2.41. The molecule has 1 heterocycles. The minimum Gasteiger partial charge on any atom is -0.426 e. The summed E-state index contributed by atoms with van der Waals surface area (Å²) in [4.78, 5) is 26.7. The van der Waals surface area contributed by atoms with E-state index in [1.807, 2.05) is 6.92 Å². The number of nitrogens with one attached hydrogen (secondary N) is 1. The van der Waals surface area contributed by atoms with E-state index in [2.05, 4.69) is 10.2 Å². The van der Waals surface area contributed by atoms with Gasteiger partial charge in [0.25, 0.3) is 5.91 Å². The highest BCUT2D eigenvalue weighted by atomic mass is 35.5. The SMILES string of the molecule is CCC(C)(C)C(=O)Oc1ccc(CN(CC2CCC2)C(=O)c2cc(Cl)n[nH]2)c(F)c1. The molecule has 0 aliphatic heterocycles. The van der Waals surface area contributed by atoms with E-state index in [1.165, 1.54) is 12.1 Å². The molecule has 1 fully saturated rings. The fourth-order valence-electron chi connectivity index (χ4n) is 3.10. The highest BCUT2D eigenvalue weighted by Crippen LogP contribution is 2.29. The van der Waals surface area contributed by atoms with Crippen LogP contribution in [-0.4, -0.2) is 33.5 Å². The lowest BCUT2D eigenvalue weighted by atomic mass is 9.85. The molecular weight excluding hydrogens is 409 g/mol. The standard InChI is InChI=1S/C22H27ClFN3O3/c1-4-22(2,3)21(29)30-16-9-8-15(17(24)10-16)13-27(12-14-6-5-7-14)20(28)18-11-19(23)26-25-18/h8-11,14H,4-7,12-13H2,1-3H3,(H,25,26). The average molecular weight is 436 g/mol. The van der Waals surface area contributed by atoms with Gasteiger partial charge in [-0.25, -0.2) is 4.39 Å². The van der Waals surface area contributed by atoms with Gasteiger partial charge in [-0.2, -0.15) is 5.10 Å². The summed E-state index contributed by atoms with van der Waals surface area (Å²) in [5.74, 6) is -0.647. The number of benzene rings is 1. The first-order chi connectivity index (χ1) is 14.2. The maximum atomic E-state index is 14.8. The van der Waals surface area contributed by atoms with E-state index < -0.39 is 17.2 Å². The molecular formula is C22H27ClFN3O3. The molecule has 3 rings (SSSR count).